The Labute approximate surface area is 199 Å². The van der Waals surface area contributed by atoms with Crippen molar-refractivity contribution >= 4 is 15.7 Å². The van der Waals surface area contributed by atoms with Crippen LogP contribution < -0.4 is 10.6 Å². The zero-order chi connectivity index (χ0) is 24.7. The molecule has 3 atom stereocenters. The summed E-state index contributed by atoms with van der Waals surface area (Å²) in [6, 6.07) is 10.2. The number of carbonyl (C=O) groups is 1. The number of amides is 1. The Morgan fingerprint density at radius 1 is 1.12 bits per heavy atom. The van der Waals surface area contributed by atoms with Crippen molar-refractivity contribution in [3.8, 4) is 0 Å². The van der Waals surface area contributed by atoms with Gasteiger partial charge in [-0.15, -0.1) is 0 Å². The van der Waals surface area contributed by atoms with E-state index in [2.05, 4.69) is 23.6 Å². The Bertz CT molecular complexity index is 1070. The number of benzene rings is 2. The Morgan fingerprint density at radius 2 is 1.82 bits per heavy atom. The molecule has 0 bridgehead atoms. The highest BCUT2D eigenvalue weighted by Gasteiger charge is 2.34. The van der Waals surface area contributed by atoms with Crippen molar-refractivity contribution in [1.29, 1.82) is 0 Å². The molecule has 1 amide bonds. The maximum Gasteiger partial charge on any atom is 0.221 e. The molecule has 1 heterocycles. The Morgan fingerprint density at radius 3 is 2.47 bits per heavy atom. The van der Waals surface area contributed by atoms with Crippen LogP contribution in [-0.4, -0.2) is 49.1 Å². The van der Waals surface area contributed by atoms with Crippen LogP contribution in [0.25, 0.3) is 0 Å². The minimum absolute atomic E-state index is 0.00793. The normalized spacial score (nSPS) is 19.0. The Kier molecular flexibility index (Phi) is 9.16. The number of nitrogens with one attached hydrogen (secondary N) is 2. The molecule has 0 aromatic heterocycles. The second-order valence-corrected chi connectivity index (χ2v) is 11.3. The molecule has 0 aliphatic carbocycles. The number of hydrogen-bond acceptors (Lipinski definition) is 5. The zero-order valence-corrected chi connectivity index (χ0v) is 20.1. The Hall–Kier alpha value is -2.36. The summed E-state index contributed by atoms with van der Waals surface area (Å²) in [5, 5.41) is 15.9. The number of aliphatic hydroxyl groups is 1. The van der Waals surface area contributed by atoms with E-state index in [-0.39, 0.29) is 30.7 Å². The summed E-state index contributed by atoms with van der Waals surface area (Å²) >= 11 is 0. The predicted molar refractivity (Wildman–Crippen MR) is 127 cm³/mol. The van der Waals surface area contributed by atoms with E-state index >= 15 is 0 Å². The lowest BCUT2D eigenvalue weighted by Crippen LogP contribution is -2.49. The SMILES string of the molecule is CCc1cccc(CNC[C@@H](O)[C@H](Cc2cc(F)cc(F)c2)NC(=O)CC2CCCS2(=O)=O)c1. The van der Waals surface area contributed by atoms with E-state index in [9.17, 15) is 27.1 Å². The first-order valence-electron chi connectivity index (χ1n) is 11.6. The molecule has 0 spiro atoms. The van der Waals surface area contributed by atoms with Gasteiger partial charge in [-0.25, -0.2) is 17.2 Å². The monoisotopic (exact) mass is 494 g/mol. The molecule has 0 saturated carbocycles. The second-order valence-electron chi connectivity index (χ2n) is 8.86. The van der Waals surface area contributed by atoms with Crippen LogP contribution in [0.5, 0.6) is 0 Å². The minimum Gasteiger partial charge on any atom is -0.390 e. The van der Waals surface area contributed by atoms with Crippen LogP contribution in [0.15, 0.2) is 42.5 Å². The molecule has 3 N–H and O–H groups in total. The molecule has 1 aliphatic heterocycles. The van der Waals surface area contributed by atoms with Gasteiger partial charge < -0.3 is 15.7 Å². The number of carbonyl (C=O) groups excluding carboxylic acids is 1. The number of aryl methyl sites for hydroxylation is 1. The highest BCUT2D eigenvalue weighted by molar-refractivity contribution is 7.92. The van der Waals surface area contributed by atoms with E-state index in [4.69, 9.17) is 0 Å². The molecular weight excluding hydrogens is 462 g/mol. The molecule has 3 rings (SSSR count). The third kappa shape index (κ3) is 7.58. The number of aliphatic hydroxyl groups excluding tert-OH is 1. The van der Waals surface area contributed by atoms with Gasteiger partial charge in [0.2, 0.25) is 5.91 Å². The van der Waals surface area contributed by atoms with Crippen molar-refractivity contribution in [2.45, 2.75) is 63.0 Å². The van der Waals surface area contributed by atoms with Gasteiger partial charge in [-0.2, -0.15) is 0 Å². The molecule has 2 aromatic rings. The van der Waals surface area contributed by atoms with Gasteiger partial charge in [0.15, 0.2) is 9.84 Å². The largest absolute Gasteiger partial charge is 0.390 e. The van der Waals surface area contributed by atoms with Gasteiger partial charge >= 0.3 is 0 Å². The Balaban J connectivity index is 1.66. The average molecular weight is 495 g/mol. The lowest BCUT2D eigenvalue weighted by Gasteiger charge is -2.25. The van der Waals surface area contributed by atoms with E-state index in [0.29, 0.717) is 19.4 Å². The summed E-state index contributed by atoms with van der Waals surface area (Å²) in [5.41, 5.74) is 2.52. The molecule has 186 valence electrons. The van der Waals surface area contributed by atoms with E-state index < -0.39 is 44.8 Å². The fraction of sp³-hybridized carbons (Fsp3) is 0.480. The smallest absolute Gasteiger partial charge is 0.221 e. The van der Waals surface area contributed by atoms with Gasteiger partial charge in [0.05, 0.1) is 23.1 Å². The first kappa shape index (κ1) is 26.2. The minimum atomic E-state index is -3.29. The van der Waals surface area contributed by atoms with Gasteiger partial charge in [0.1, 0.15) is 11.6 Å². The second kappa shape index (κ2) is 11.9. The maximum absolute atomic E-state index is 13.7. The standard InChI is InChI=1S/C25H32F2N2O4S/c1-2-17-5-3-6-18(9-17)15-28-16-24(30)23(12-19-10-20(26)13-21(27)11-19)29-25(31)14-22-7-4-8-34(22,32)33/h3,5-6,9-11,13,22-24,28,30H,2,4,7-8,12,14-16H2,1H3,(H,29,31)/t22?,23-,24+/m0/s1. The van der Waals surface area contributed by atoms with Crippen LogP contribution in [0.1, 0.15) is 42.9 Å². The van der Waals surface area contributed by atoms with E-state index in [1.54, 1.807) is 0 Å². The van der Waals surface area contributed by atoms with Crippen LogP contribution in [-0.2, 0) is 34.0 Å². The summed E-state index contributed by atoms with van der Waals surface area (Å²) in [5.74, 6) is -1.93. The molecular formula is C25H32F2N2O4S. The third-order valence-electron chi connectivity index (χ3n) is 6.15. The summed E-state index contributed by atoms with van der Waals surface area (Å²) < 4.78 is 51.5. The first-order chi connectivity index (χ1) is 16.2. The van der Waals surface area contributed by atoms with Crippen molar-refractivity contribution in [3.63, 3.8) is 0 Å². The van der Waals surface area contributed by atoms with Crippen molar-refractivity contribution in [2.75, 3.05) is 12.3 Å². The van der Waals surface area contributed by atoms with E-state index in [0.717, 1.165) is 30.2 Å². The molecule has 1 aliphatic rings. The van der Waals surface area contributed by atoms with Crippen LogP contribution in [0.3, 0.4) is 0 Å². The molecule has 9 heteroatoms. The highest BCUT2D eigenvalue weighted by Crippen LogP contribution is 2.23. The lowest BCUT2D eigenvalue weighted by molar-refractivity contribution is -0.122. The van der Waals surface area contributed by atoms with Crippen molar-refractivity contribution < 1.29 is 27.1 Å². The fourth-order valence-electron chi connectivity index (χ4n) is 4.29. The van der Waals surface area contributed by atoms with Gasteiger partial charge in [0.25, 0.3) is 0 Å². The van der Waals surface area contributed by atoms with Crippen LogP contribution in [0, 0.1) is 11.6 Å². The summed E-state index contributed by atoms with van der Waals surface area (Å²) in [7, 11) is -3.29. The first-order valence-corrected chi connectivity index (χ1v) is 13.3. The molecule has 6 nitrogen and oxygen atoms in total. The van der Waals surface area contributed by atoms with Gasteiger partial charge in [-0.3, -0.25) is 4.79 Å². The van der Waals surface area contributed by atoms with Gasteiger partial charge in [-0.1, -0.05) is 31.2 Å². The van der Waals surface area contributed by atoms with Crippen LogP contribution >= 0.6 is 0 Å². The van der Waals surface area contributed by atoms with Crippen LogP contribution in [0.2, 0.25) is 0 Å². The third-order valence-corrected chi connectivity index (χ3v) is 8.42. The molecule has 34 heavy (non-hydrogen) atoms. The number of sulfone groups is 1. The molecule has 1 fully saturated rings. The molecule has 1 unspecified atom stereocenters. The van der Waals surface area contributed by atoms with E-state index in [1.807, 2.05) is 18.2 Å². The number of rotatable bonds is 11. The molecule has 1 saturated heterocycles. The number of halogens is 2. The van der Waals surface area contributed by atoms with Crippen molar-refractivity contribution in [2.24, 2.45) is 0 Å². The van der Waals surface area contributed by atoms with Crippen molar-refractivity contribution in [1.82, 2.24) is 10.6 Å². The summed E-state index contributed by atoms with van der Waals surface area (Å²) in [4.78, 5) is 12.6. The average Bonchev–Trinajstić information content (AvgIpc) is 3.10. The fourth-order valence-corrected chi connectivity index (χ4v) is 6.13. The van der Waals surface area contributed by atoms with Crippen molar-refractivity contribution in [3.05, 3.63) is 70.8 Å². The summed E-state index contributed by atoms with van der Waals surface area (Å²) in [6.07, 6.45) is 0.594. The quantitative estimate of drug-likeness (QED) is 0.447. The lowest BCUT2D eigenvalue weighted by atomic mass is 10.00. The molecule has 2 aromatic carbocycles. The number of hydrogen-bond donors (Lipinski definition) is 3. The van der Waals surface area contributed by atoms with Gasteiger partial charge in [-0.05, 0) is 54.5 Å². The van der Waals surface area contributed by atoms with Gasteiger partial charge in [0, 0.05) is 25.6 Å². The van der Waals surface area contributed by atoms with Crippen LogP contribution in [0.4, 0.5) is 8.78 Å². The molecule has 0 radical (unpaired) electrons. The highest BCUT2D eigenvalue weighted by atomic mass is 32.2. The topological polar surface area (TPSA) is 95.5 Å². The summed E-state index contributed by atoms with van der Waals surface area (Å²) in [6.45, 7) is 2.69. The zero-order valence-electron chi connectivity index (χ0n) is 19.3. The predicted octanol–water partition coefficient (Wildman–Crippen LogP) is 2.67. The van der Waals surface area contributed by atoms with E-state index in [1.165, 1.54) is 5.56 Å². The maximum atomic E-state index is 13.7.